The van der Waals surface area contributed by atoms with Crippen LogP contribution in [0.1, 0.15) is 25.1 Å². The largest absolute Gasteiger partial charge is 0.466 e. The van der Waals surface area contributed by atoms with Crippen molar-refractivity contribution in [3.05, 3.63) is 53.7 Å². The zero-order chi connectivity index (χ0) is 26.6. The molecule has 2 aliphatic heterocycles. The van der Waals surface area contributed by atoms with E-state index in [1.54, 1.807) is 30.1 Å². The van der Waals surface area contributed by atoms with E-state index in [1.165, 1.54) is 6.07 Å². The summed E-state index contributed by atoms with van der Waals surface area (Å²) in [4.78, 5) is 35.0. The van der Waals surface area contributed by atoms with Crippen LogP contribution in [0.2, 0.25) is 0 Å². The van der Waals surface area contributed by atoms with Gasteiger partial charge in [-0.2, -0.15) is 5.10 Å². The molecular weight excluding hydrogens is 489 g/mol. The van der Waals surface area contributed by atoms with Crippen LogP contribution in [-0.4, -0.2) is 55.7 Å². The minimum absolute atomic E-state index is 0.0462. The standard InChI is InChI=1S/C27H26FN7O3/c1-14(2)34-5-4-18-9-23(33-35(18)12-25(34)37)31-22-8-16-6-19(21(28)7-17(16)10-29-22)20-11-30-27-26(15(20)3)32-24(36)13-38-27/h6-11,14H,4-5,12-13H2,1-3H3,(H,32,36)(H,29,31,33). The molecule has 4 aromatic rings. The Balaban J connectivity index is 1.30. The number of benzene rings is 1. The van der Waals surface area contributed by atoms with Crippen molar-refractivity contribution in [1.82, 2.24) is 24.6 Å². The second kappa shape index (κ2) is 9.09. The van der Waals surface area contributed by atoms with Crippen molar-refractivity contribution in [1.29, 1.82) is 0 Å². The number of carbonyl (C=O) groups excluding carboxylic acids is 2. The lowest BCUT2D eigenvalue weighted by Gasteiger charge is -2.24. The number of nitrogens with one attached hydrogen (secondary N) is 2. The van der Waals surface area contributed by atoms with Gasteiger partial charge in [-0.1, -0.05) is 0 Å². The Labute approximate surface area is 217 Å². The maximum Gasteiger partial charge on any atom is 0.262 e. The first-order valence-corrected chi connectivity index (χ1v) is 12.4. The van der Waals surface area contributed by atoms with Crippen molar-refractivity contribution in [3.8, 4) is 17.0 Å². The lowest BCUT2D eigenvalue weighted by molar-refractivity contribution is -0.133. The molecule has 0 bridgehead atoms. The Bertz CT molecular complexity index is 1610. The Hall–Kier alpha value is -4.54. The molecule has 194 valence electrons. The molecule has 6 rings (SSSR count). The third-order valence-corrected chi connectivity index (χ3v) is 6.96. The number of hydrogen-bond acceptors (Lipinski definition) is 7. The van der Waals surface area contributed by atoms with Crippen molar-refractivity contribution in [2.75, 3.05) is 23.8 Å². The lowest BCUT2D eigenvalue weighted by Crippen LogP contribution is -2.38. The molecule has 1 aromatic carbocycles. The molecule has 0 aliphatic carbocycles. The van der Waals surface area contributed by atoms with Gasteiger partial charge < -0.3 is 20.3 Å². The summed E-state index contributed by atoms with van der Waals surface area (Å²) in [6, 6.07) is 7.06. The lowest BCUT2D eigenvalue weighted by atomic mass is 9.98. The SMILES string of the molecule is Cc1c(-c2cc3cc(Nc4cc5n(n4)CC(=O)N(C(C)C)CC5)ncc3cc2F)cnc2c1NC(=O)CO2. The van der Waals surface area contributed by atoms with Crippen LogP contribution >= 0.6 is 0 Å². The van der Waals surface area contributed by atoms with E-state index in [1.807, 2.05) is 30.9 Å². The molecule has 11 heteroatoms. The molecule has 0 radical (unpaired) electrons. The number of pyridine rings is 2. The first kappa shape index (κ1) is 23.8. The highest BCUT2D eigenvalue weighted by molar-refractivity contribution is 5.97. The van der Waals surface area contributed by atoms with E-state index < -0.39 is 5.82 Å². The van der Waals surface area contributed by atoms with Crippen LogP contribution in [0.4, 0.5) is 21.7 Å². The van der Waals surface area contributed by atoms with E-state index in [2.05, 4.69) is 25.7 Å². The van der Waals surface area contributed by atoms with Gasteiger partial charge in [0.15, 0.2) is 12.4 Å². The maximum absolute atomic E-state index is 15.2. The maximum atomic E-state index is 15.2. The molecule has 0 unspecified atom stereocenters. The second-order valence-electron chi connectivity index (χ2n) is 9.80. The normalized spacial score (nSPS) is 15.1. The number of ether oxygens (including phenoxy) is 1. The number of amides is 2. The summed E-state index contributed by atoms with van der Waals surface area (Å²) < 4.78 is 22.3. The topological polar surface area (TPSA) is 114 Å². The Morgan fingerprint density at radius 2 is 1.89 bits per heavy atom. The van der Waals surface area contributed by atoms with Crippen molar-refractivity contribution in [2.45, 2.75) is 39.8 Å². The smallest absolute Gasteiger partial charge is 0.262 e. The highest BCUT2D eigenvalue weighted by Crippen LogP contribution is 2.37. The zero-order valence-electron chi connectivity index (χ0n) is 21.2. The summed E-state index contributed by atoms with van der Waals surface area (Å²) in [5.74, 6) is 0.791. The number of carbonyl (C=O) groups is 2. The molecule has 5 heterocycles. The predicted octanol–water partition coefficient (Wildman–Crippen LogP) is 3.81. The fraction of sp³-hybridized carbons (Fsp3) is 0.296. The third kappa shape index (κ3) is 4.19. The van der Waals surface area contributed by atoms with E-state index in [9.17, 15) is 9.59 Å². The Kier molecular flexibility index (Phi) is 5.70. The summed E-state index contributed by atoms with van der Waals surface area (Å²) in [5, 5.41) is 12.0. The molecule has 10 nitrogen and oxygen atoms in total. The van der Waals surface area contributed by atoms with E-state index in [4.69, 9.17) is 4.74 Å². The molecule has 0 saturated carbocycles. The molecule has 0 atom stereocenters. The number of nitrogens with zero attached hydrogens (tertiary/aromatic N) is 5. The van der Waals surface area contributed by atoms with Gasteiger partial charge in [-0.3, -0.25) is 14.3 Å². The van der Waals surface area contributed by atoms with Gasteiger partial charge in [0.05, 0.1) is 0 Å². The van der Waals surface area contributed by atoms with Crippen LogP contribution < -0.4 is 15.4 Å². The van der Waals surface area contributed by atoms with Gasteiger partial charge >= 0.3 is 0 Å². The average Bonchev–Trinajstić information content (AvgIpc) is 3.17. The first-order valence-electron chi connectivity index (χ1n) is 12.4. The average molecular weight is 516 g/mol. The molecule has 2 N–H and O–H groups in total. The first-order chi connectivity index (χ1) is 18.3. The molecule has 3 aromatic heterocycles. The number of hydrogen-bond donors (Lipinski definition) is 2. The van der Waals surface area contributed by atoms with Gasteiger partial charge in [-0.05, 0) is 49.9 Å². The van der Waals surface area contributed by atoms with Crippen molar-refractivity contribution < 1.29 is 18.7 Å². The van der Waals surface area contributed by atoms with Crippen LogP contribution in [0.25, 0.3) is 21.9 Å². The number of anilines is 3. The van der Waals surface area contributed by atoms with Crippen LogP contribution in [0.5, 0.6) is 5.88 Å². The highest BCUT2D eigenvalue weighted by atomic mass is 19.1. The van der Waals surface area contributed by atoms with Crippen LogP contribution in [0.15, 0.2) is 36.7 Å². The van der Waals surface area contributed by atoms with Crippen LogP contribution in [0.3, 0.4) is 0 Å². The Morgan fingerprint density at radius 3 is 2.71 bits per heavy atom. The molecule has 0 saturated heterocycles. The van der Waals surface area contributed by atoms with E-state index in [-0.39, 0.29) is 31.0 Å². The third-order valence-electron chi connectivity index (χ3n) is 6.96. The summed E-state index contributed by atoms with van der Waals surface area (Å²) in [7, 11) is 0. The molecule has 0 spiro atoms. The van der Waals surface area contributed by atoms with E-state index >= 15 is 4.39 Å². The Morgan fingerprint density at radius 1 is 1.05 bits per heavy atom. The van der Waals surface area contributed by atoms with Crippen molar-refractivity contribution in [3.63, 3.8) is 0 Å². The fourth-order valence-corrected chi connectivity index (χ4v) is 4.97. The summed E-state index contributed by atoms with van der Waals surface area (Å²) in [5.41, 5.74) is 2.99. The second-order valence-corrected chi connectivity index (χ2v) is 9.80. The van der Waals surface area contributed by atoms with Crippen LogP contribution in [0, 0.1) is 12.7 Å². The van der Waals surface area contributed by atoms with Gasteiger partial charge in [0.1, 0.15) is 23.9 Å². The number of halogens is 1. The molecule has 2 amide bonds. The molecule has 0 fully saturated rings. The molecular formula is C27H26FN7O3. The molecule has 2 aliphatic rings. The van der Waals surface area contributed by atoms with Gasteiger partial charge in [0.2, 0.25) is 11.8 Å². The number of fused-ring (bicyclic) bond motifs is 3. The highest BCUT2D eigenvalue weighted by Gasteiger charge is 2.25. The molecule has 38 heavy (non-hydrogen) atoms. The van der Waals surface area contributed by atoms with Gasteiger partial charge in [0.25, 0.3) is 5.91 Å². The predicted molar refractivity (Wildman–Crippen MR) is 140 cm³/mol. The van der Waals surface area contributed by atoms with Gasteiger partial charge in [-0.15, -0.1) is 0 Å². The summed E-state index contributed by atoms with van der Waals surface area (Å²) in [6.45, 7) is 6.56. The van der Waals surface area contributed by atoms with E-state index in [0.717, 1.165) is 11.1 Å². The minimum Gasteiger partial charge on any atom is -0.466 e. The van der Waals surface area contributed by atoms with Gasteiger partial charge in [-0.25, -0.2) is 14.4 Å². The minimum atomic E-state index is -0.425. The van der Waals surface area contributed by atoms with Gasteiger partial charge in [0, 0.05) is 59.7 Å². The number of rotatable bonds is 4. The summed E-state index contributed by atoms with van der Waals surface area (Å²) in [6.07, 6.45) is 3.86. The van der Waals surface area contributed by atoms with Crippen molar-refractivity contribution >= 4 is 39.9 Å². The monoisotopic (exact) mass is 515 g/mol. The fourth-order valence-electron chi connectivity index (χ4n) is 4.97. The van der Waals surface area contributed by atoms with Crippen LogP contribution in [-0.2, 0) is 22.6 Å². The quantitative estimate of drug-likeness (QED) is 0.425. The number of aromatic nitrogens is 4. The zero-order valence-corrected chi connectivity index (χ0v) is 21.2. The summed E-state index contributed by atoms with van der Waals surface area (Å²) >= 11 is 0. The van der Waals surface area contributed by atoms with E-state index in [0.29, 0.717) is 58.2 Å². The van der Waals surface area contributed by atoms with Crippen molar-refractivity contribution in [2.24, 2.45) is 0 Å².